The van der Waals surface area contributed by atoms with E-state index in [0.29, 0.717) is 6.54 Å². The van der Waals surface area contributed by atoms with Gasteiger partial charge < -0.3 is 20.1 Å². The van der Waals surface area contributed by atoms with E-state index in [2.05, 4.69) is 10.6 Å². The molecule has 2 rings (SSSR count). The second-order valence-electron chi connectivity index (χ2n) is 4.59. The Morgan fingerprint density at radius 2 is 2.05 bits per heavy atom. The molecule has 0 unspecified atom stereocenters. The number of amides is 1. The number of methoxy groups -OCH3 is 2. The topological polar surface area (TPSA) is 59.6 Å². The van der Waals surface area contributed by atoms with Crippen LogP contribution in [0.15, 0.2) is 18.2 Å². The molecule has 0 saturated carbocycles. The lowest BCUT2D eigenvalue weighted by Gasteiger charge is -2.25. The van der Waals surface area contributed by atoms with E-state index in [4.69, 9.17) is 9.47 Å². The van der Waals surface area contributed by atoms with Crippen LogP contribution in [0.3, 0.4) is 0 Å². The Balaban J connectivity index is 1.83. The minimum atomic E-state index is 0.138. The van der Waals surface area contributed by atoms with Crippen molar-refractivity contribution in [2.24, 2.45) is 5.92 Å². The third-order valence-electron chi connectivity index (χ3n) is 3.31. The summed E-state index contributed by atoms with van der Waals surface area (Å²) in [5.74, 6) is 1.72. The number of carbonyl (C=O) groups is 1. The van der Waals surface area contributed by atoms with E-state index in [0.717, 1.165) is 36.6 Å². The van der Waals surface area contributed by atoms with E-state index >= 15 is 0 Å². The molecule has 0 spiro atoms. The van der Waals surface area contributed by atoms with Crippen LogP contribution in [0.1, 0.15) is 5.56 Å². The van der Waals surface area contributed by atoms with E-state index in [1.807, 2.05) is 18.2 Å². The van der Waals surface area contributed by atoms with Gasteiger partial charge in [-0.25, -0.2) is 0 Å². The van der Waals surface area contributed by atoms with E-state index < -0.39 is 0 Å². The van der Waals surface area contributed by atoms with Crippen LogP contribution in [-0.2, 0) is 11.2 Å². The van der Waals surface area contributed by atoms with E-state index in [1.165, 1.54) is 0 Å². The van der Waals surface area contributed by atoms with Crippen molar-refractivity contribution in [2.45, 2.75) is 6.42 Å². The Kier molecular flexibility index (Phi) is 4.63. The van der Waals surface area contributed by atoms with Crippen molar-refractivity contribution in [1.82, 2.24) is 10.6 Å². The first-order chi connectivity index (χ1) is 9.24. The molecule has 104 valence electrons. The van der Waals surface area contributed by atoms with Gasteiger partial charge in [0.1, 0.15) is 0 Å². The molecule has 0 bridgehead atoms. The van der Waals surface area contributed by atoms with Gasteiger partial charge >= 0.3 is 0 Å². The predicted molar refractivity (Wildman–Crippen MR) is 72.6 cm³/mol. The standard InChI is InChI=1S/C14H20N2O3/c1-18-12-4-3-10(7-13(12)19-2)5-6-16-14(17)11-8-15-9-11/h3-4,7,11,15H,5-6,8-9H2,1-2H3,(H,16,17). The quantitative estimate of drug-likeness (QED) is 0.789. The van der Waals surface area contributed by atoms with E-state index in [9.17, 15) is 4.79 Å². The highest BCUT2D eigenvalue weighted by atomic mass is 16.5. The van der Waals surface area contributed by atoms with Gasteiger partial charge in [0, 0.05) is 19.6 Å². The molecule has 5 heteroatoms. The van der Waals surface area contributed by atoms with Crippen molar-refractivity contribution in [2.75, 3.05) is 33.9 Å². The molecule has 0 aliphatic carbocycles. The Bertz CT molecular complexity index is 444. The predicted octanol–water partition coefficient (Wildman–Crippen LogP) is 0.582. The molecule has 1 heterocycles. The van der Waals surface area contributed by atoms with Gasteiger partial charge in [-0.15, -0.1) is 0 Å². The molecule has 2 N–H and O–H groups in total. The minimum Gasteiger partial charge on any atom is -0.493 e. The van der Waals surface area contributed by atoms with Crippen molar-refractivity contribution in [3.05, 3.63) is 23.8 Å². The highest BCUT2D eigenvalue weighted by Gasteiger charge is 2.24. The largest absolute Gasteiger partial charge is 0.493 e. The number of carbonyl (C=O) groups excluding carboxylic acids is 1. The molecule has 1 amide bonds. The van der Waals surface area contributed by atoms with Crippen molar-refractivity contribution in [3.63, 3.8) is 0 Å². The summed E-state index contributed by atoms with van der Waals surface area (Å²) >= 11 is 0. The summed E-state index contributed by atoms with van der Waals surface area (Å²) in [6, 6.07) is 5.81. The van der Waals surface area contributed by atoms with Gasteiger partial charge in [0.15, 0.2) is 11.5 Å². The zero-order chi connectivity index (χ0) is 13.7. The number of benzene rings is 1. The summed E-state index contributed by atoms with van der Waals surface area (Å²) in [6.07, 6.45) is 0.784. The second-order valence-corrected chi connectivity index (χ2v) is 4.59. The van der Waals surface area contributed by atoms with Gasteiger partial charge in [0.05, 0.1) is 20.1 Å². The number of hydrogen-bond acceptors (Lipinski definition) is 4. The molecule has 5 nitrogen and oxygen atoms in total. The van der Waals surface area contributed by atoms with Crippen molar-refractivity contribution in [3.8, 4) is 11.5 Å². The third-order valence-corrected chi connectivity index (χ3v) is 3.31. The molecule has 1 fully saturated rings. The molecule has 0 aromatic heterocycles. The lowest BCUT2D eigenvalue weighted by Crippen LogP contribution is -2.51. The molecule has 19 heavy (non-hydrogen) atoms. The average Bonchev–Trinajstić information content (AvgIpc) is 2.36. The van der Waals surface area contributed by atoms with Gasteiger partial charge in [-0.05, 0) is 24.1 Å². The highest BCUT2D eigenvalue weighted by molar-refractivity contribution is 5.79. The van der Waals surface area contributed by atoms with Crippen LogP contribution >= 0.6 is 0 Å². The number of nitrogens with one attached hydrogen (secondary N) is 2. The number of ether oxygens (including phenoxy) is 2. The molecule has 1 aromatic carbocycles. The lowest BCUT2D eigenvalue weighted by molar-refractivity contribution is -0.126. The summed E-state index contributed by atoms with van der Waals surface area (Å²) in [4.78, 5) is 11.6. The van der Waals surface area contributed by atoms with E-state index in [-0.39, 0.29) is 11.8 Å². The van der Waals surface area contributed by atoms with Crippen LogP contribution in [0, 0.1) is 5.92 Å². The first-order valence-electron chi connectivity index (χ1n) is 6.44. The van der Waals surface area contributed by atoms with E-state index in [1.54, 1.807) is 14.2 Å². The zero-order valence-electron chi connectivity index (χ0n) is 11.4. The Hall–Kier alpha value is -1.75. The fourth-order valence-corrected chi connectivity index (χ4v) is 1.98. The summed E-state index contributed by atoms with van der Waals surface area (Å²) < 4.78 is 10.4. The minimum absolute atomic E-state index is 0.138. The first kappa shape index (κ1) is 13.7. The molecule has 0 radical (unpaired) electrons. The van der Waals surface area contributed by atoms with Crippen molar-refractivity contribution < 1.29 is 14.3 Å². The molecule has 0 atom stereocenters. The Labute approximate surface area is 113 Å². The van der Waals surface area contributed by atoms with Crippen molar-refractivity contribution >= 4 is 5.91 Å². The van der Waals surface area contributed by atoms with Gasteiger partial charge in [-0.1, -0.05) is 6.07 Å². The fourth-order valence-electron chi connectivity index (χ4n) is 1.98. The smallest absolute Gasteiger partial charge is 0.225 e. The number of rotatable bonds is 6. The number of hydrogen-bond donors (Lipinski definition) is 2. The SMILES string of the molecule is COc1ccc(CCNC(=O)C2CNC2)cc1OC. The molecule has 1 aromatic rings. The highest BCUT2D eigenvalue weighted by Crippen LogP contribution is 2.27. The molecular weight excluding hydrogens is 244 g/mol. The molecular formula is C14H20N2O3. The van der Waals surface area contributed by atoms with Gasteiger partial charge in [0.2, 0.25) is 5.91 Å². The van der Waals surface area contributed by atoms with Gasteiger partial charge in [-0.3, -0.25) is 4.79 Å². The summed E-state index contributed by atoms with van der Waals surface area (Å²) in [5.41, 5.74) is 1.12. The summed E-state index contributed by atoms with van der Waals surface area (Å²) in [5, 5.41) is 6.03. The Morgan fingerprint density at radius 1 is 1.32 bits per heavy atom. The van der Waals surface area contributed by atoms with Crippen molar-refractivity contribution in [1.29, 1.82) is 0 Å². The van der Waals surface area contributed by atoms with Gasteiger partial charge in [0.25, 0.3) is 0 Å². The van der Waals surface area contributed by atoms with Gasteiger partial charge in [-0.2, -0.15) is 0 Å². The Morgan fingerprint density at radius 3 is 2.63 bits per heavy atom. The van der Waals surface area contributed by atoms with Crippen LogP contribution in [0.5, 0.6) is 11.5 Å². The molecule has 1 aliphatic heterocycles. The maximum Gasteiger partial charge on any atom is 0.225 e. The average molecular weight is 264 g/mol. The van der Waals surface area contributed by atoms with Crippen LogP contribution in [0.4, 0.5) is 0 Å². The monoisotopic (exact) mass is 264 g/mol. The van der Waals surface area contributed by atoms with Crippen LogP contribution in [0.2, 0.25) is 0 Å². The third kappa shape index (κ3) is 3.38. The molecule has 1 saturated heterocycles. The summed E-state index contributed by atoms with van der Waals surface area (Å²) in [6.45, 7) is 2.23. The second kappa shape index (κ2) is 6.43. The van der Waals surface area contributed by atoms with Crippen LogP contribution < -0.4 is 20.1 Å². The zero-order valence-corrected chi connectivity index (χ0v) is 11.4. The lowest BCUT2D eigenvalue weighted by atomic mass is 10.0. The maximum absolute atomic E-state index is 11.6. The normalized spacial score (nSPS) is 14.6. The van der Waals surface area contributed by atoms with Crippen LogP contribution in [-0.4, -0.2) is 39.8 Å². The first-order valence-corrected chi connectivity index (χ1v) is 6.44. The maximum atomic E-state index is 11.6. The van der Waals surface area contributed by atoms with Crippen LogP contribution in [0.25, 0.3) is 0 Å². The molecule has 1 aliphatic rings. The fraction of sp³-hybridized carbons (Fsp3) is 0.500. The summed E-state index contributed by atoms with van der Waals surface area (Å²) in [7, 11) is 3.23.